The van der Waals surface area contributed by atoms with Gasteiger partial charge in [0.05, 0.1) is 0 Å². The van der Waals surface area contributed by atoms with E-state index in [1.54, 1.807) is 0 Å². The van der Waals surface area contributed by atoms with Gasteiger partial charge in [-0.15, -0.1) is 0 Å². The van der Waals surface area contributed by atoms with Crippen LogP contribution >= 0.6 is 27.7 Å². The highest BCUT2D eigenvalue weighted by Gasteiger charge is 2.03. The Morgan fingerprint density at radius 1 is 1.47 bits per heavy atom. The van der Waals surface area contributed by atoms with Crippen LogP contribution in [0.3, 0.4) is 0 Å². The first kappa shape index (κ1) is 13.0. The summed E-state index contributed by atoms with van der Waals surface area (Å²) in [5, 5.41) is 0. The normalized spacial score (nSPS) is 12.8. The molecule has 1 aromatic rings. The van der Waals surface area contributed by atoms with Crippen molar-refractivity contribution < 1.29 is 4.39 Å². The third-order valence-electron chi connectivity index (χ3n) is 2.37. The molecule has 0 saturated carbocycles. The summed E-state index contributed by atoms with van der Waals surface area (Å²) in [5.41, 5.74) is 1.17. The van der Waals surface area contributed by atoms with Crippen LogP contribution in [0.2, 0.25) is 0 Å². The molecule has 0 bridgehead atoms. The predicted octanol–water partition coefficient (Wildman–Crippen LogP) is 4.87. The van der Waals surface area contributed by atoms with Crippen molar-refractivity contribution >= 4 is 27.7 Å². The van der Waals surface area contributed by atoms with E-state index in [9.17, 15) is 4.39 Å². The van der Waals surface area contributed by atoms with Crippen molar-refractivity contribution in [3.05, 3.63) is 34.1 Å². The highest BCUT2D eigenvalue weighted by molar-refractivity contribution is 9.10. The maximum absolute atomic E-state index is 12.8. The molecule has 0 saturated heterocycles. The molecule has 0 radical (unpaired) electrons. The van der Waals surface area contributed by atoms with Crippen molar-refractivity contribution in [2.45, 2.75) is 26.0 Å². The van der Waals surface area contributed by atoms with Gasteiger partial charge in [-0.25, -0.2) is 4.39 Å². The van der Waals surface area contributed by atoms with Gasteiger partial charge < -0.3 is 0 Å². The van der Waals surface area contributed by atoms with Crippen molar-refractivity contribution in [1.29, 1.82) is 0 Å². The second kappa shape index (κ2) is 6.54. The minimum atomic E-state index is -0.183. The monoisotopic (exact) mass is 290 g/mol. The molecular weight excluding hydrogens is 275 g/mol. The molecule has 1 rings (SSSR count). The molecule has 0 aliphatic rings. The zero-order chi connectivity index (χ0) is 11.3. The standard InChI is InChI=1S/C12H16BrFS/c1-3-9(2)7-15-8-10-4-5-11(14)6-12(10)13/h4-6,9H,3,7-8H2,1-2H3. The fourth-order valence-electron chi connectivity index (χ4n) is 1.13. The van der Waals surface area contributed by atoms with Gasteiger partial charge in [0.2, 0.25) is 0 Å². The number of halogens is 2. The van der Waals surface area contributed by atoms with Gasteiger partial charge in [0, 0.05) is 10.2 Å². The fourth-order valence-corrected chi connectivity index (χ4v) is 3.03. The van der Waals surface area contributed by atoms with E-state index in [-0.39, 0.29) is 5.82 Å². The second-order valence-corrected chi connectivity index (χ2v) is 5.65. The molecule has 0 fully saturated rings. The van der Waals surface area contributed by atoms with Gasteiger partial charge in [-0.05, 0) is 29.4 Å². The van der Waals surface area contributed by atoms with E-state index < -0.39 is 0 Å². The molecule has 0 aromatic heterocycles. The van der Waals surface area contributed by atoms with Gasteiger partial charge in [0.25, 0.3) is 0 Å². The molecule has 0 nitrogen and oxygen atoms in total. The summed E-state index contributed by atoms with van der Waals surface area (Å²) in [4.78, 5) is 0. The maximum atomic E-state index is 12.8. The Balaban J connectivity index is 2.44. The van der Waals surface area contributed by atoms with Gasteiger partial charge >= 0.3 is 0 Å². The third kappa shape index (κ3) is 4.56. The summed E-state index contributed by atoms with van der Waals surface area (Å²) in [6.07, 6.45) is 1.22. The Kier molecular flexibility index (Phi) is 5.69. The van der Waals surface area contributed by atoms with Crippen molar-refractivity contribution in [2.75, 3.05) is 5.75 Å². The number of rotatable bonds is 5. The second-order valence-electron chi connectivity index (χ2n) is 3.76. The number of hydrogen-bond acceptors (Lipinski definition) is 1. The molecule has 0 aliphatic carbocycles. The SMILES string of the molecule is CCC(C)CSCc1ccc(F)cc1Br. The molecule has 15 heavy (non-hydrogen) atoms. The van der Waals surface area contributed by atoms with Crippen LogP contribution in [-0.2, 0) is 5.75 Å². The number of benzene rings is 1. The summed E-state index contributed by atoms with van der Waals surface area (Å²) in [6.45, 7) is 4.46. The van der Waals surface area contributed by atoms with E-state index in [0.29, 0.717) is 0 Å². The highest BCUT2D eigenvalue weighted by Crippen LogP contribution is 2.24. The van der Waals surface area contributed by atoms with Crippen LogP contribution in [0.5, 0.6) is 0 Å². The summed E-state index contributed by atoms with van der Waals surface area (Å²) >= 11 is 5.28. The van der Waals surface area contributed by atoms with Crippen LogP contribution in [0.4, 0.5) is 4.39 Å². The van der Waals surface area contributed by atoms with Crippen LogP contribution in [0.1, 0.15) is 25.8 Å². The fraction of sp³-hybridized carbons (Fsp3) is 0.500. The lowest BCUT2D eigenvalue weighted by atomic mass is 10.2. The van der Waals surface area contributed by atoms with Crippen LogP contribution in [-0.4, -0.2) is 5.75 Å². The number of hydrogen-bond donors (Lipinski definition) is 0. The topological polar surface area (TPSA) is 0 Å². The average Bonchev–Trinajstić information content (AvgIpc) is 2.21. The lowest BCUT2D eigenvalue weighted by Gasteiger charge is -2.08. The van der Waals surface area contributed by atoms with Crippen molar-refractivity contribution in [3.63, 3.8) is 0 Å². The van der Waals surface area contributed by atoms with E-state index in [1.165, 1.54) is 29.9 Å². The lowest BCUT2D eigenvalue weighted by molar-refractivity contribution is 0.626. The summed E-state index contributed by atoms with van der Waals surface area (Å²) < 4.78 is 13.7. The van der Waals surface area contributed by atoms with Crippen LogP contribution < -0.4 is 0 Å². The lowest BCUT2D eigenvalue weighted by Crippen LogP contribution is -1.96. The molecule has 3 heteroatoms. The molecule has 0 heterocycles. The quantitative estimate of drug-likeness (QED) is 0.746. The van der Waals surface area contributed by atoms with E-state index in [2.05, 4.69) is 29.8 Å². The van der Waals surface area contributed by atoms with E-state index in [4.69, 9.17) is 0 Å². The summed E-state index contributed by atoms with van der Waals surface area (Å²) in [7, 11) is 0. The number of thioether (sulfide) groups is 1. The Morgan fingerprint density at radius 2 is 2.20 bits per heavy atom. The Morgan fingerprint density at radius 3 is 2.80 bits per heavy atom. The van der Waals surface area contributed by atoms with Crippen molar-refractivity contribution in [2.24, 2.45) is 5.92 Å². The van der Waals surface area contributed by atoms with Gasteiger partial charge in [-0.1, -0.05) is 42.3 Å². The van der Waals surface area contributed by atoms with Crippen LogP contribution in [0, 0.1) is 11.7 Å². The van der Waals surface area contributed by atoms with Crippen molar-refractivity contribution in [1.82, 2.24) is 0 Å². The molecule has 1 aromatic carbocycles. The first-order chi connectivity index (χ1) is 7.13. The van der Waals surface area contributed by atoms with Gasteiger partial charge in [0.1, 0.15) is 5.82 Å². The van der Waals surface area contributed by atoms with E-state index in [0.717, 1.165) is 16.1 Å². The first-order valence-electron chi connectivity index (χ1n) is 5.15. The molecule has 0 aliphatic heterocycles. The van der Waals surface area contributed by atoms with Gasteiger partial charge in [-0.3, -0.25) is 0 Å². The minimum Gasteiger partial charge on any atom is -0.207 e. The zero-order valence-electron chi connectivity index (χ0n) is 9.09. The largest absolute Gasteiger partial charge is 0.207 e. The third-order valence-corrected chi connectivity index (χ3v) is 4.43. The molecule has 1 unspecified atom stereocenters. The molecule has 84 valence electrons. The van der Waals surface area contributed by atoms with Crippen LogP contribution in [0.15, 0.2) is 22.7 Å². The molecule has 1 atom stereocenters. The van der Waals surface area contributed by atoms with Gasteiger partial charge in [-0.2, -0.15) is 11.8 Å². The van der Waals surface area contributed by atoms with E-state index >= 15 is 0 Å². The predicted molar refractivity (Wildman–Crippen MR) is 69.7 cm³/mol. The summed E-state index contributed by atoms with van der Waals surface area (Å²) in [6, 6.07) is 4.89. The van der Waals surface area contributed by atoms with Crippen molar-refractivity contribution in [3.8, 4) is 0 Å². The minimum absolute atomic E-state index is 0.183. The maximum Gasteiger partial charge on any atom is 0.124 e. The van der Waals surface area contributed by atoms with Crippen LogP contribution in [0.25, 0.3) is 0 Å². The molecule has 0 amide bonds. The molecule has 0 N–H and O–H groups in total. The molecule has 0 spiro atoms. The Hall–Kier alpha value is -0.0200. The van der Waals surface area contributed by atoms with Gasteiger partial charge in [0.15, 0.2) is 0 Å². The smallest absolute Gasteiger partial charge is 0.124 e. The average molecular weight is 291 g/mol. The Labute approximate surface area is 104 Å². The first-order valence-corrected chi connectivity index (χ1v) is 7.10. The zero-order valence-corrected chi connectivity index (χ0v) is 11.5. The summed E-state index contributed by atoms with van der Waals surface area (Å²) in [5.74, 6) is 2.69. The Bertz CT molecular complexity index is 314. The molecular formula is C12H16BrFS. The highest BCUT2D eigenvalue weighted by atomic mass is 79.9. The van der Waals surface area contributed by atoms with E-state index in [1.807, 2.05) is 17.8 Å².